The minimum absolute atomic E-state index is 0.207. The van der Waals surface area contributed by atoms with Crippen LogP contribution in [-0.2, 0) is 9.59 Å². The number of hydrogen-bond donors (Lipinski definition) is 1. The first-order chi connectivity index (χ1) is 11.0. The maximum Gasteiger partial charge on any atom is 0.258 e. The minimum atomic E-state index is -1.26. The van der Waals surface area contributed by atoms with E-state index in [2.05, 4.69) is 5.32 Å². The maximum absolute atomic E-state index is 12.0. The number of carboxylic acid groups (broad SMARTS) is 1. The minimum Gasteiger partial charge on any atom is -0.550 e. The van der Waals surface area contributed by atoms with Gasteiger partial charge >= 0.3 is 0 Å². The molecule has 0 aromatic heterocycles. The summed E-state index contributed by atoms with van der Waals surface area (Å²) in [6.07, 6.45) is -0.335. The number of hydrogen-bond acceptors (Lipinski definition) is 4. The van der Waals surface area contributed by atoms with Crippen molar-refractivity contribution in [1.29, 1.82) is 0 Å². The van der Waals surface area contributed by atoms with E-state index < -0.39 is 17.9 Å². The van der Waals surface area contributed by atoms with E-state index in [4.69, 9.17) is 16.3 Å². The van der Waals surface area contributed by atoms with Crippen molar-refractivity contribution in [3.05, 3.63) is 65.2 Å². The second-order valence-electron chi connectivity index (χ2n) is 4.85. The molecule has 0 radical (unpaired) electrons. The Bertz CT molecular complexity index is 658. The van der Waals surface area contributed by atoms with Gasteiger partial charge in [-0.25, -0.2) is 0 Å². The van der Waals surface area contributed by atoms with Crippen molar-refractivity contribution in [2.24, 2.45) is 0 Å². The zero-order chi connectivity index (χ0) is 16.7. The van der Waals surface area contributed by atoms with Gasteiger partial charge in [-0.2, -0.15) is 0 Å². The van der Waals surface area contributed by atoms with Crippen LogP contribution in [0.3, 0.4) is 0 Å². The first-order valence-corrected chi connectivity index (χ1v) is 7.35. The predicted octanol–water partition coefficient (Wildman–Crippen LogP) is 1.72. The van der Waals surface area contributed by atoms with Crippen LogP contribution in [0.15, 0.2) is 54.6 Å². The van der Waals surface area contributed by atoms with Crippen molar-refractivity contribution in [2.75, 3.05) is 6.61 Å². The average molecular weight is 333 g/mol. The molecular formula is C17H15ClNO4-. The summed E-state index contributed by atoms with van der Waals surface area (Å²) >= 11 is 5.81. The standard InChI is InChI=1S/C17H16ClNO4/c18-13-8-6-12(7-9-13)15(10-17(21)22)19-16(20)11-23-14-4-2-1-3-5-14/h1-9,15H,10-11H2,(H,19,20)(H,21,22)/p-1/t15-/m1/s1. The van der Waals surface area contributed by atoms with Gasteiger partial charge in [0.2, 0.25) is 0 Å². The zero-order valence-electron chi connectivity index (χ0n) is 12.2. The number of carboxylic acids is 1. The lowest BCUT2D eigenvalue weighted by Gasteiger charge is -2.20. The first-order valence-electron chi connectivity index (χ1n) is 6.97. The number of amides is 1. The maximum atomic E-state index is 12.0. The summed E-state index contributed by atoms with van der Waals surface area (Å²) < 4.78 is 5.33. The molecule has 2 rings (SSSR count). The molecule has 1 atom stereocenters. The summed E-state index contributed by atoms with van der Waals surface area (Å²) in [5.74, 6) is -1.12. The van der Waals surface area contributed by atoms with E-state index in [1.165, 1.54) is 0 Å². The van der Waals surface area contributed by atoms with Crippen LogP contribution in [0.5, 0.6) is 5.75 Å². The van der Waals surface area contributed by atoms with Gasteiger partial charge < -0.3 is 20.0 Å². The molecule has 0 heterocycles. The van der Waals surface area contributed by atoms with Gasteiger partial charge in [-0.3, -0.25) is 4.79 Å². The molecule has 2 aromatic rings. The number of halogens is 1. The molecule has 120 valence electrons. The summed E-state index contributed by atoms with van der Waals surface area (Å²) in [5, 5.41) is 14.0. The second kappa shape index (κ2) is 8.19. The van der Waals surface area contributed by atoms with E-state index >= 15 is 0 Å². The van der Waals surface area contributed by atoms with Crippen LogP contribution in [0, 0.1) is 0 Å². The fourth-order valence-electron chi connectivity index (χ4n) is 2.02. The molecule has 2 aromatic carbocycles. The van der Waals surface area contributed by atoms with Crippen LogP contribution in [-0.4, -0.2) is 18.5 Å². The van der Waals surface area contributed by atoms with Gasteiger partial charge in [-0.05, 0) is 29.8 Å². The molecule has 0 aliphatic carbocycles. The Morgan fingerprint density at radius 2 is 1.74 bits per heavy atom. The van der Waals surface area contributed by atoms with Crippen LogP contribution in [0.1, 0.15) is 18.0 Å². The van der Waals surface area contributed by atoms with Crippen LogP contribution < -0.4 is 15.2 Å². The summed E-state index contributed by atoms with van der Waals surface area (Å²) in [6, 6.07) is 14.8. The van der Waals surface area contributed by atoms with Gasteiger partial charge in [0, 0.05) is 17.4 Å². The van der Waals surface area contributed by atoms with Crippen molar-refractivity contribution in [2.45, 2.75) is 12.5 Å². The van der Waals surface area contributed by atoms with E-state index in [9.17, 15) is 14.7 Å². The summed E-state index contributed by atoms with van der Waals surface area (Å²) in [7, 11) is 0. The highest BCUT2D eigenvalue weighted by atomic mass is 35.5. The molecule has 1 amide bonds. The molecule has 0 saturated carbocycles. The Hall–Kier alpha value is -2.53. The molecule has 0 aliphatic rings. The molecule has 0 unspecified atom stereocenters. The smallest absolute Gasteiger partial charge is 0.258 e. The Morgan fingerprint density at radius 3 is 2.35 bits per heavy atom. The van der Waals surface area contributed by atoms with E-state index in [-0.39, 0.29) is 13.0 Å². The average Bonchev–Trinajstić information content (AvgIpc) is 2.53. The van der Waals surface area contributed by atoms with E-state index in [0.29, 0.717) is 16.3 Å². The first kappa shape index (κ1) is 16.8. The van der Waals surface area contributed by atoms with Gasteiger partial charge in [0.05, 0.1) is 6.04 Å². The lowest BCUT2D eigenvalue weighted by molar-refractivity contribution is -0.306. The van der Waals surface area contributed by atoms with Crippen molar-refractivity contribution in [1.82, 2.24) is 5.32 Å². The lowest BCUT2D eigenvalue weighted by atomic mass is 10.0. The number of carbonyl (C=O) groups excluding carboxylic acids is 2. The van der Waals surface area contributed by atoms with E-state index in [1.807, 2.05) is 6.07 Å². The van der Waals surface area contributed by atoms with Crippen molar-refractivity contribution >= 4 is 23.5 Å². The van der Waals surface area contributed by atoms with Crippen molar-refractivity contribution in [3.8, 4) is 5.75 Å². The number of rotatable bonds is 7. The third-order valence-electron chi connectivity index (χ3n) is 3.09. The Morgan fingerprint density at radius 1 is 1.09 bits per heavy atom. The lowest BCUT2D eigenvalue weighted by Crippen LogP contribution is -2.36. The largest absolute Gasteiger partial charge is 0.550 e. The van der Waals surface area contributed by atoms with Crippen LogP contribution in [0.25, 0.3) is 0 Å². The number of aliphatic carboxylic acids is 1. The van der Waals surface area contributed by atoms with Gasteiger partial charge in [0.1, 0.15) is 5.75 Å². The molecule has 5 nitrogen and oxygen atoms in total. The Labute approximate surface area is 138 Å². The van der Waals surface area contributed by atoms with Crippen molar-refractivity contribution in [3.63, 3.8) is 0 Å². The number of para-hydroxylation sites is 1. The summed E-state index contributed by atoms with van der Waals surface area (Å²) in [5.41, 5.74) is 0.631. The number of ether oxygens (including phenoxy) is 1. The second-order valence-corrected chi connectivity index (χ2v) is 5.29. The normalized spacial score (nSPS) is 11.5. The van der Waals surface area contributed by atoms with Crippen LogP contribution >= 0.6 is 11.6 Å². The SMILES string of the molecule is O=C([O-])C[C@@H](NC(=O)COc1ccccc1)c1ccc(Cl)cc1. The highest BCUT2D eigenvalue weighted by molar-refractivity contribution is 6.30. The molecule has 6 heteroatoms. The third kappa shape index (κ3) is 5.64. The van der Waals surface area contributed by atoms with Crippen LogP contribution in [0.4, 0.5) is 0 Å². The van der Waals surface area contributed by atoms with Gasteiger partial charge in [-0.1, -0.05) is 41.9 Å². The molecule has 23 heavy (non-hydrogen) atoms. The van der Waals surface area contributed by atoms with Crippen molar-refractivity contribution < 1.29 is 19.4 Å². The molecular weight excluding hydrogens is 318 g/mol. The molecule has 0 fully saturated rings. The number of nitrogens with one attached hydrogen (secondary N) is 1. The molecule has 0 bridgehead atoms. The number of carbonyl (C=O) groups is 2. The highest BCUT2D eigenvalue weighted by Gasteiger charge is 2.15. The Balaban J connectivity index is 1.98. The van der Waals surface area contributed by atoms with Gasteiger partial charge in [-0.15, -0.1) is 0 Å². The van der Waals surface area contributed by atoms with E-state index in [1.54, 1.807) is 48.5 Å². The topological polar surface area (TPSA) is 78.5 Å². The van der Waals surface area contributed by atoms with Gasteiger partial charge in [0.25, 0.3) is 5.91 Å². The molecule has 1 N–H and O–H groups in total. The monoisotopic (exact) mass is 332 g/mol. The molecule has 0 aliphatic heterocycles. The fraction of sp³-hybridized carbons (Fsp3) is 0.176. The fourth-order valence-corrected chi connectivity index (χ4v) is 2.14. The molecule has 0 saturated heterocycles. The zero-order valence-corrected chi connectivity index (χ0v) is 13.0. The third-order valence-corrected chi connectivity index (χ3v) is 3.34. The van der Waals surface area contributed by atoms with Gasteiger partial charge in [0.15, 0.2) is 6.61 Å². The predicted molar refractivity (Wildman–Crippen MR) is 83.9 cm³/mol. The van der Waals surface area contributed by atoms with Crippen LogP contribution in [0.2, 0.25) is 5.02 Å². The summed E-state index contributed by atoms with van der Waals surface area (Å²) in [6.45, 7) is -0.207. The highest BCUT2D eigenvalue weighted by Crippen LogP contribution is 2.19. The summed E-state index contributed by atoms with van der Waals surface area (Å²) in [4.78, 5) is 22.9. The molecule has 0 spiro atoms. The Kier molecular flexibility index (Phi) is 6.00. The number of benzene rings is 2. The van der Waals surface area contributed by atoms with E-state index in [0.717, 1.165) is 0 Å². The quantitative estimate of drug-likeness (QED) is 0.837.